The Morgan fingerprint density at radius 1 is 1.26 bits per heavy atom. The van der Waals surface area contributed by atoms with Crippen LogP contribution in [-0.2, 0) is 16.1 Å². The molecule has 27 heavy (non-hydrogen) atoms. The molecule has 6 heteroatoms. The zero-order valence-corrected chi connectivity index (χ0v) is 14.7. The number of hydrogen-bond donors (Lipinski definition) is 0. The van der Waals surface area contributed by atoms with Crippen LogP contribution in [0.1, 0.15) is 23.2 Å². The number of hydrogen-bond acceptors (Lipinski definition) is 5. The molecule has 1 fully saturated rings. The number of carbonyl (C=O) groups is 1. The molecule has 2 bridgehead atoms. The third kappa shape index (κ3) is 3.55. The van der Waals surface area contributed by atoms with E-state index in [9.17, 15) is 10.1 Å². The minimum absolute atomic E-state index is 0.112. The highest BCUT2D eigenvalue weighted by Crippen LogP contribution is 2.33. The summed E-state index contributed by atoms with van der Waals surface area (Å²) >= 11 is 0. The number of amides is 1. The number of morpholine rings is 1. The number of aromatic nitrogens is 1. The third-order valence-electron chi connectivity index (χ3n) is 4.87. The number of benzene rings is 1. The minimum Gasteiger partial charge on any atom is -0.445 e. The van der Waals surface area contributed by atoms with Crippen molar-refractivity contribution in [3.8, 4) is 6.07 Å². The Hall–Kier alpha value is -3.17. The number of carbonyl (C=O) groups excluding carboxylic acids is 1. The molecule has 0 aliphatic carbocycles. The zero-order valence-electron chi connectivity index (χ0n) is 14.7. The lowest BCUT2D eigenvalue weighted by Gasteiger charge is -2.43. The van der Waals surface area contributed by atoms with Gasteiger partial charge >= 0.3 is 6.09 Å². The molecule has 6 nitrogen and oxygen atoms in total. The minimum atomic E-state index is -0.334. The van der Waals surface area contributed by atoms with Gasteiger partial charge in [-0.2, -0.15) is 5.26 Å². The van der Waals surface area contributed by atoms with E-state index in [-0.39, 0.29) is 24.8 Å². The summed E-state index contributed by atoms with van der Waals surface area (Å²) in [4.78, 5) is 18.6. The molecule has 2 aromatic rings. The highest BCUT2D eigenvalue weighted by Gasteiger charge is 2.39. The van der Waals surface area contributed by atoms with Crippen molar-refractivity contribution in [1.29, 1.82) is 5.26 Å². The van der Waals surface area contributed by atoms with Gasteiger partial charge in [0.25, 0.3) is 0 Å². The van der Waals surface area contributed by atoms with Crippen molar-refractivity contribution < 1.29 is 14.3 Å². The van der Waals surface area contributed by atoms with Gasteiger partial charge in [0.2, 0.25) is 0 Å². The second-order valence-corrected chi connectivity index (χ2v) is 6.61. The van der Waals surface area contributed by atoms with E-state index in [1.807, 2.05) is 48.5 Å². The first-order valence-corrected chi connectivity index (χ1v) is 8.89. The molecule has 136 valence electrons. The molecule has 0 saturated carbocycles. The summed E-state index contributed by atoms with van der Waals surface area (Å²) in [5.74, 6) is 0. The number of rotatable bonds is 3. The number of nitrogens with zero attached hydrogens (tertiary/aromatic N) is 3. The van der Waals surface area contributed by atoms with Crippen molar-refractivity contribution in [3.05, 3.63) is 71.6 Å². The molecule has 2 unspecified atom stereocenters. The van der Waals surface area contributed by atoms with Gasteiger partial charge in [-0.3, -0.25) is 4.90 Å². The lowest BCUT2D eigenvalue weighted by atomic mass is 9.89. The molecule has 1 aromatic carbocycles. The average molecular weight is 361 g/mol. The predicted octanol–water partition coefficient (Wildman–Crippen LogP) is 3.15. The van der Waals surface area contributed by atoms with Crippen molar-refractivity contribution in [2.75, 3.05) is 13.2 Å². The van der Waals surface area contributed by atoms with Crippen LogP contribution in [0.25, 0.3) is 5.57 Å². The molecule has 2 aliphatic heterocycles. The van der Waals surface area contributed by atoms with Crippen LogP contribution in [0.5, 0.6) is 0 Å². The molecule has 3 heterocycles. The summed E-state index contributed by atoms with van der Waals surface area (Å²) in [6.07, 6.45) is 3.89. The maximum Gasteiger partial charge on any atom is 0.411 e. The third-order valence-corrected chi connectivity index (χ3v) is 4.87. The van der Waals surface area contributed by atoms with Gasteiger partial charge in [0.15, 0.2) is 0 Å². The van der Waals surface area contributed by atoms with Gasteiger partial charge < -0.3 is 9.47 Å². The Morgan fingerprint density at radius 2 is 2.11 bits per heavy atom. The fraction of sp³-hybridized carbons (Fsp3) is 0.286. The second kappa shape index (κ2) is 7.60. The van der Waals surface area contributed by atoms with E-state index in [1.54, 1.807) is 11.1 Å². The maximum atomic E-state index is 12.7. The molecule has 2 aliphatic rings. The lowest BCUT2D eigenvalue weighted by molar-refractivity contribution is -0.0342. The van der Waals surface area contributed by atoms with Crippen LogP contribution < -0.4 is 0 Å². The van der Waals surface area contributed by atoms with E-state index in [0.29, 0.717) is 25.3 Å². The number of pyridine rings is 1. The summed E-state index contributed by atoms with van der Waals surface area (Å²) in [6, 6.07) is 15.2. The molecule has 1 saturated heterocycles. The first-order chi connectivity index (χ1) is 13.3. The second-order valence-electron chi connectivity index (χ2n) is 6.61. The van der Waals surface area contributed by atoms with Gasteiger partial charge in [0.05, 0.1) is 25.3 Å². The number of ether oxygens (including phenoxy) is 2. The largest absolute Gasteiger partial charge is 0.445 e. The first-order valence-electron chi connectivity index (χ1n) is 8.89. The predicted molar refractivity (Wildman–Crippen MR) is 98.4 cm³/mol. The van der Waals surface area contributed by atoms with Crippen LogP contribution in [0.3, 0.4) is 0 Å². The molecule has 0 radical (unpaired) electrons. The SMILES string of the molecule is N#Cc1ncccc1C1=CC2COCC(C1)N2C(=O)OCc1ccccc1. The van der Waals surface area contributed by atoms with Crippen molar-refractivity contribution in [1.82, 2.24) is 9.88 Å². The summed E-state index contributed by atoms with van der Waals surface area (Å²) in [6.45, 7) is 1.12. The molecular weight excluding hydrogens is 342 g/mol. The average Bonchev–Trinajstić information content (AvgIpc) is 2.71. The quantitative estimate of drug-likeness (QED) is 0.839. The Morgan fingerprint density at radius 3 is 2.89 bits per heavy atom. The molecule has 0 spiro atoms. The standard InChI is InChI=1S/C21H19N3O3/c22-11-20-19(7-4-8-23-20)16-9-17-13-26-14-18(10-16)24(17)21(25)27-12-15-5-2-1-3-6-15/h1-9,17-18H,10,12-14H2. The summed E-state index contributed by atoms with van der Waals surface area (Å²) in [5.41, 5.74) is 3.22. The Labute approximate surface area is 157 Å². The Balaban J connectivity index is 1.53. The molecule has 4 rings (SSSR count). The summed E-state index contributed by atoms with van der Waals surface area (Å²) in [5, 5.41) is 9.32. The number of fused-ring (bicyclic) bond motifs is 2. The van der Waals surface area contributed by atoms with E-state index in [2.05, 4.69) is 11.1 Å². The maximum absolute atomic E-state index is 12.7. The lowest BCUT2D eigenvalue weighted by Crippen LogP contribution is -2.56. The van der Waals surface area contributed by atoms with Gasteiger partial charge in [-0.1, -0.05) is 42.5 Å². The number of nitriles is 1. The molecule has 1 aromatic heterocycles. The monoisotopic (exact) mass is 361 g/mol. The first kappa shape index (κ1) is 17.3. The molecular formula is C21H19N3O3. The molecule has 0 N–H and O–H groups in total. The van der Waals surface area contributed by atoms with E-state index in [4.69, 9.17) is 9.47 Å². The van der Waals surface area contributed by atoms with E-state index in [1.165, 1.54) is 0 Å². The van der Waals surface area contributed by atoms with Gasteiger partial charge in [0, 0.05) is 11.8 Å². The van der Waals surface area contributed by atoms with Crippen LogP contribution in [-0.4, -0.2) is 41.3 Å². The van der Waals surface area contributed by atoms with Gasteiger partial charge in [0.1, 0.15) is 18.4 Å². The fourth-order valence-corrected chi connectivity index (χ4v) is 3.63. The zero-order chi connectivity index (χ0) is 18.6. The topological polar surface area (TPSA) is 75.5 Å². The van der Waals surface area contributed by atoms with Gasteiger partial charge in [-0.05, 0) is 23.6 Å². The van der Waals surface area contributed by atoms with Crippen LogP contribution in [0.2, 0.25) is 0 Å². The highest BCUT2D eigenvalue weighted by atomic mass is 16.6. The fourth-order valence-electron chi connectivity index (χ4n) is 3.63. The van der Waals surface area contributed by atoms with Crippen LogP contribution in [0.15, 0.2) is 54.7 Å². The Kier molecular flexibility index (Phi) is 4.86. The van der Waals surface area contributed by atoms with Crippen molar-refractivity contribution in [3.63, 3.8) is 0 Å². The van der Waals surface area contributed by atoms with Crippen molar-refractivity contribution in [2.45, 2.75) is 25.1 Å². The normalized spacial score (nSPS) is 21.1. The van der Waals surface area contributed by atoms with Crippen LogP contribution in [0, 0.1) is 11.3 Å². The van der Waals surface area contributed by atoms with E-state index >= 15 is 0 Å². The summed E-state index contributed by atoms with van der Waals surface area (Å²) < 4.78 is 11.2. The van der Waals surface area contributed by atoms with Crippen molar-refractivity contribution in [2.24, 2.45) is 0 Å². The van der Waals surface area contributed by atoms with Crippen LogP contribution >= 0.6 is 0 Å². The van der Waals surface area contributed by atoms with Gasteiger partial charge in [-0.15, -0.1) is 0 Å². The Bertz CT molecular complexity index is 904. The van der Waals surface area contributed by atoms with Crippen molar-refractivity contribution >= 4 is 11.7 Å². The molecule has 1 amide bonds. The highest BCUT2D eigenvalue weighted by molar-refractivity contribution is 5.76. The smallest absolute Gasteiger partial charge is 0.411 e. The van der Waals surface area contributed by atoms with E-state index in [0.717, 1.165) is 16.7 Å². The van der Waals surface area contributed by atoms with E-state index < -0.39 is 0 Å². The van der Waals surface area contributed by atoms with Gasteiger partial charge in [-0.25, -0.2) is 9.78 Å². The van der Waals surface area contributed by atoms with Crippen LogP contribution in [0.4, 0.5) is 4.79 Å². The molecule has 2 atom stereocenters. The summed E-state index contributed by atoms with van der Waals surface area (Å²) in [7, 11) is 0.